The van der Waals surface area contributed by atoms with Crippen molar-refractivity contribution in [2.24, 2.45) is 0 Å². The van der Waals surface area contributed by atoms with Crippen molar-refractivity contribution >= 4 is 40.7 Å². The lowest BCUT2D eigenvalue weighted by molar-refractivity contribution is -0.128. The van der Waals surface area contributed by atoms with Crippen molar-refractivity contribution in [3.8, 4) is 9.85 Å². The largest absolute Gasteiger partial charge is 0.465 e. The van der Waals surface area contributed by atoms with E-state index in [9.17, 15) is 14.4 Å². The fourth-order valence-electron chi connectivity index (χ4n) is 1.09. The minimum Gasteiger partial charge on any atom is -0.465 e. The van der Waals surface area contributed by atoms with Crippen LogP contribution in [0.25, 0.3) is 0 Å². The maximum absolute atomic E-state index is 11.2. The van der Waals surface area contributed by atoms with Crippen LogP contribution in [0.1, 0.15) is 39.5 Å². The van der Waals surface area contributed by atoms with E-state index in [0.29, 0.717) is 13.0 Å². The summed E-state index contributed by atoms with van der Waals surface area (Å²) in [5.41, 5.74) is 0. The Hall–Kier alpha value is -1.50. The van der Waals surface area contributed by atoms with E-state index < -0.39 is 18.1 Å². The van der Waals surface area contributed by atoms with Crippen molar-refractivity contribution in [2.75, 3.05) is 13.1 Å². The van der Waals surface area contributed by atoms with Gasteiger partial charge in [-0.1, -0.05) is 26.2 Å². The highest BCUT2D eigenvalue weighted by Gasteiger charge is 2.17. The molecule has 0 aliphatic rings. The number of unbranched alkanes of at least 4 members (excludes halogenated alkanes) is 1. The molecule has 120 valence electrons. The molecule has 0 heterocycles. The lowest BCUT2D eigenvalue weighted by atomic mass is 10.3. The number of nitrogens with zero attached hydrogens (tertiary/aromatic N) is 1. The Morgan fingerprint density at radius 1 is 1.19 bits per heavy atom. The zero-order valence-corrected chi connectivity index (χ0v) is 14.3. The van der Waals surface area contributed by atoms with Crippen LogP contribution in [0.15, 0.2) is 0 Å². The quantitative estimate of drug-likeness (QED) is 0.353. The molecule has 8 heteroatoms. The number of hydrogen-bond acceptors (Lipinski definition) is 3. The van der Waals surface area contributed by atoms with Gasteiger partial charge in [-0.2, -0.15) is 0 Å². The van der Waals surface area contributed by atoms with Gasteiger partial charge in [0, 0.05) is 35.6 Å². The summed E-state index contributed by atoms with van der Waals surface area (Å²) in [4.78, 5) is 32.2. The van der Waals surface area contributed by atoms with Crippen molar-refractivity contribution in [1.82, 2.24) is 10.2 Å². The summed E-state index contributed by atoms with van der Waals surface area (Å²) < 4.78 is 2.51. The Morgan fingerprint density at radius 3 is 2.19 bits per heavy atom. The molecular weight excluding hydrogens is 391 g/mol. The van der Waals surface area contributed by atoms with Crippen LogP contribution in [0.5, 0.6) is 0 Å². The van der Waals surface area contributed by atoms with E-state index in [1.807, 2.05) is 13.8 Å². The van der Waals surface area contributed by atoms with Gasteiger partial charge in [0.15, 0.2) is 0 Å². The lowest BCUT2D eigenvalue weighted by Crippen LogP contribution is -2.35. The molecule has 0 aromatic heterocycles. The average Bonchev–Trinajstić information content (AvgIpc) is 2.40. The first-order valence-corrected chi connectivity index (χ1v) is 7.57. The van der Waals surface area contributed by atoms with Gasteiger partial charge in [-0.05, 0) is 16.8 Å². The van der Waals surface area contributed by atoms with Crippen LogP contribution < -0.4 is 5.32 Å². The summed E-state index contributed by atoms with van der Waals surface area (Å²) in [5.74, 6) is 2.14. The first kappa shape index (κ1) is 21.8. The first-order chi connectivity index (χ1) is 9.90. The van der Waals surface area contributed by atoms with E-state index in [0.717, 1.165) is 17.7 Å². The number of carbonyl (C=O) groups is 3. The van der Waals surface area contributed by atoms with Gasteiger partial charge in [0.05, 0.1) is 6.54 Å². The predicted octanol–water partition coefficient (Wildman–Crippen LogP) is 2.74. The van der Waals surface area contributed by atoms with E-state index in [2.05, 4.69) is 15.2 Å². The second kappa shape index (κ2) is 14.9. The maximum Gasteiger partial charge on any atom is 0.414 e. The molecule has 0 saturated heterocycles. The van der Waals surface area contributed by atoms with E-state index in [4.69, 9.17) is 10.2 Å². The highest BCUT2D eigenvalue weighted by atomic mass is 127. The van der Waals surface area contributed by atoms with Crippen LogP contribution >= 0.6 is 22.6 Å². The minimum absolute atomic E-state index is 0.0445. The van der Waals surface area contributed by atoms with Gasteiger partial charge in [-0.3, -0.25) is 4.79 Å². The smallest absolute Gasteiger partial charge is 0.414 e. The highest BCUT2D eigenvalue weighted by Crippen LogP contribution is 1.97. The van der Waals surface area contributed by atoms with Gasteiger partial charge in [-0.15, -0.1) is 0 Å². The van der Waals surface area contributed by atoms with Gasteiger partial charge < -0.3 is 15.5 Å². The molecule has 0 unspecified atom stereocenters. The molecule has 0 radical (unpaired) electrons. The fraction of sp³-hybridized carbons (Fsp3) is 0.615. The number of hydrogen-bond donors (Lipinski definition) is 3. The minimum atomic E-state index is -1.24. The Morgan fingerprint density at radius 2 is 1.81 bits per heavy atom. The zero-order chi connectivity index (χ0) is 16.7. The molecule has 0 spiro atoms. The van der Waals surface area contributed by atoms with Crippen LogP contribution in [0, 0.1) is 9.85 Å². The number of carbonyl (C=O) groups excluding carboxylic acids is 1. The number of nitrogens with one attached hydrogen (secondary N) is 1. The number of amides is 3. The van der Waals surface area contributed by atoms with Gasteiger partial charge in [0.1, 0.15) is 0 Å². The summed E-state index contributed by atoms with van der Waals surface area (Å²) >= 11 is 1.80. The van der Waals surface area contributed by atoms with E-state index >= 15 is 0 Å². The summed E-state index contributed by atoms with van der Waals surface area (Å²) in [5, 5.41) is 18.9. The van der Waals surface area contributed by atoms with Crippen molar-refractivity contribution in [1.29, 1.82) is 0 Å². The van der Waals surface area contributed by atoms with Crippen molar-refractivity contribution < 1.29 is 24.6 Å². The molecule has 0 atom stereocenters. The highest BCUT2D eigenvalue weighted by molar-refractivity contribution is 14.1. The number of imide groups is 1. The van der Waals surface area contributed by atoms with Crippen LogP contribution in [-0.2, 0) is 4.79 Å². The second-order valence-corrected chi connectivity index (χ2v) is 4.41. The molecule has 3 N–H and O–H groups in total. The van der Waals surface area contributed by atoms with Gasteiger partial charge in [0.25, 0.3) is 0 Å². The molecule has 0 bridgehead atoms. The van der Waals surface area contributed by atoms with Gasteiger partial charge in [-0.25, -0.2) is 14.5 Å². The first-order valence-electron chi connectivity index (χ1n) is 6.49. The molecule has 0 saturated carbocycles. The van der Waals surface area contributed by atoms with Crippen LogP contribution in [0.2, 0.25) is 0 Å². The van der Waals surface area contributed by atoms with Gasteiger partial charge in [0.2, 0.25) is 5.91 Å². The number of halogens is 1. The Balaban J connectivity index is 0. The van der Waals surface area contributed by atoms with Crippen LogP contribution in [-0.4, -0.2) is 46.3 Å². The summed E-state index contributed by atoms with van der Waals surface area (Å²) in [6, 6.07) is 0. The van der Waals surface area contributed by atoms with E-state index in [1.165, 1.54) is 0 Å². The van der Waals surface area contributed by atoms with Crippen molar-refractivity contribution in [3.05, 3.63) is 0 Å². The fourth-order valence-corrected chi connectivity index (χ4v) is 1.26. The normalized spacial score (nSPS) is 8.52. The molecule has 3 amide bonds. The van der Waals surface area contributed by atoms with E-state index in [1.54, 1.807) is 22.6 Å². The summed E-state index contributed by atoms with van der Waals surface area (Å²) in [6.45, 7) is 4.37. The van der Waals surface area contributed by atoms with Gasteiger partial charge >= 0.3 is 12.2 Å². The molecule has 0 aromatic rings. The standard InChI is InChI=1S/C8H10INO3.C5H11NO2/c1-2-4-7(11)10(8(12)13)6-3-5-9;1-2-3-4-6-5(7)8/h2,4,6H2,1H3,(H,12,13);6H,2-4H2,1H3,(H,7,8). The summed E-state index contributed by atoms with van der Waals surface area (Å²) in [6.07, 6.45) is 0.665. The monoisotopic (exact) mass is 412 g/mol. The summed E-state index contributed by atoms with van der Waals surface area (Å²) in [7, 11) is 0. The maximum atomic E-state index is 11.2. The van der Waals surface area contributed by atoms with E-state index in [-0.39, 0.29) is 13.0 Å². The molecule has 7 nitrogen and oxygen atoms in total. The molecule has 21 heavy (non-hydrogen) atoms. The Labute approximate surface area is 138 Å². The third-order valence-corrected chi connectivity index (χ3v) is 2.49. The molecule has 0 rings (SSSR count). The third kappa shape index (κ3) is 14.7. The van der Waals surface area contributed by atoms with Crippen molar-refractivity contribution in [2.45, 2.75) is 39.5 Å². The lowest BCUT2D eigenvalue weighted by Gasteiger charge is -2.12. The number of rotatable bonds is 6. The zero-order valence-electron chi connectivity index (χ0n) is 12.2. The second-order valence-electron chi connectivity index (χ2n) is 3.87. The Bertz CT molecular complexity index is 390. The predicted molar refractivity (Wildman–Crippen MR) is 87.4 cm³/mol. The SMILES string of the molecule is CCCC(=O)N(CC#CI)C(=O)O.CCCCNC(=O)O. The topological polar surface area (TPSA) is 107 Å². The molecule has 0 fully saturated rings. The molecule has 0 aliphatic carbocycles. The average molecular weight is 412 g/mol. The molecule has 0 aliphatic heterocycles. The third-order valence-electron chi connectivity index (χ3n) is 2.11. The molecule has 0 aromatic carbocycles. The van der Waals surface area contributed by atoms with Crippen LogP contribution in [0.4, 0.5) is 9.59 Å². The van der Waals surface area contributed by atoms with Crippen molar-refractivity contribution in [3.63, 3.8) is 0 Å². The number of carboxylic acid groups (broad SMARTS) is 2. The molecular formula is C13H21IN2O5. The Kier molecular flexibility index (Phi) is 15.5. The van der Waals surface area contributed by atoms with Crippen LogP contribution in [0.3, 0.4) is 0 Å².